The molecule has 2 heterocycles. The van der Waals surface area contributed by atoms with E-state index >= 15 is 0 Å². The van der Waals surface area contributed by atoms with Gasteiger partial charge in [0.25, 0.3) is 0 Å². The summed E-state index contributed by atoms with van der Waals surface area (Å²) < 4.78 is 6.52. The number of nitrogen functional groups attached to an aromatic ring is 1. The second-order valence-electron chi connectivity index (χ2n) is 4.41. The topological polar surface area (TPSA) is 52.0 Å². The zero-order valence-electron chi connectivity index (χ0n) is 10.9. The highest BCUT2D eigenvalue weighted by Gasteiger charge is 2.20. The molecule has 0 unspecified atom stereocenters. The van der Waals surface area contributed by atoms with Crippen LogP contribution in [-0.4, -0.2) is 5.16 Å². The van der Waals surface area contributed by atoms with Gasteiger partial charge < -0.3 is 10.3 Å². The molecule has 0 fully saturated rings. The largest absolute Gasteiger partial charge is 0.380 e. The molecule has 0 radical (unpaired) electrons. The smallest absolute Gasteiger partial charge is 0.187 e. The molecule has 0 saturated heterocycles. The first-order chi connectivity index (χ1) is 9.70. The van der Waals surface area contributed by atoms with Gasteiger partial charge in [0, 0.05) is 4.47 Å². The monoisotopic (exact) mass is 348 g/mol. The Balaban J connectivity index is 2.17. The fourth-order valence-corrected chi connectivity index (χ4v) is 3.41. The summed E-state index contributed by atoms with van der Waals surface area (Å²) in [7, 11) is 0. The highest BCUT2D eigenvalue weighted by molar-refractivity contribution is 9.10. The van der Waals surface area contributed by atoms with Crippen molar-refractivity contribution in [2.75, 3.05) is 5.73 Å². The van der Waals surface area contributed by atoms with Crippen LogP contribution in [0, 0.1) is 0 Å². The summed E-state index contributed by atoms with van der Waals surface area (Å²) in [5, 5.41) is 6.01. The predicted octanol–water partition coefficient (Wildman–Crippen LogP) is 4.98. The molecular weight excluding hydrogens is 336 g/mol. The molecule has 0 aliphatic rings. The highest BCUT2D eigenvalue weighted by atomic mass is 79.9. The minimum atomic E-state index is 0.428. The summed E-state index contributed by atoms with van der Waals surface area (Å²) in [4.78, 5) is 1.11. The molecule has 1 aromatic carbocycles. The van der Waals surface area contributed by atoms with E-state index in [1.165, 1.54) is 5.56 Å². The standard InChI is InChI=1S/C15H13BrN2OS/c1-2-9-7-8-20-14(9)13-12(15(17)18-19-13)10-3-5-11(16)6-4-10/h3-8H,2H2,1H3,(H2,17,18). The number of nitrogens with two attached hydrogens (primary N) is 1. The van der Waals surface area contributed by atoms with Crippen molar-refractivity contribution in [2.45, 2.75) is 13.3 Å². The number of anilines is 1. The van der Waals surface area contributed by atoms with Gasteiger partial charge in [0.15, 0.2) is 11.6 Å². The van der Waals surface area contributed by atoms with Crippen LogP contribution in [0.4, 0.5) is 5.82 Å². The average molecular weight is 349 g/mol. The molecule has 3 rings (SSSR count). The quantitative estimate of drug-likeness (QED) is 0.726. The summed E-state index contributed by atoms with van der Waals surface area (Å²) in [6.07, 6.45) is 0.958. The molecule has 3 nitrogen and oxygen atoms in total. The average Bonchev–Trinajstić information content (AvgIpc) is 3.05. The molecular formula is C15H13BrN2OS. The first-order valence-corrected chi connectivity index (χ1v) is 7.95. The van der Waals surface area contributed by atoms with Gasteiger partial charge in [-0.3, -0.25) is 0 Å². The fraction of sp³-hybridized carbons (Fsp3) is 0.133. The summed E-state index contributed by atoms with van der Waals surface area (Å²) in [5.41, 5.74) is 9.13. The number of halogens is 1. The van der Waals surface area contributed by atoms with Crippen molar-refractivity contribution >= 4 is 33.1 Å². The van der Waals surface area contributed by atoms with Crippen LogP contribution >= 0.6 is 27.3 Å². The second-order valence-corrected chi connectivity index (χ2v) is 6.24. The lowest BCUT2D eigenvalue weighted by molar-refractivity contribution is 0.436. The Hall–Kier alpha value is -1.59. The molecule has 0 bridgehead atoms. The van der Waals surface area contributed by atoms with Crippen molar-refractivity contribution in [3.05, 3.63) is 45.7 Å². The van der Waals surface area contributed by atoms with E-state index in [0.717, 1.165) is 32.7 Å². The molecule has 0 saturated carbocycles. The van der Waals surface area contributed by atoms with Crippen LogP contribution in [0.1, 0.15) is 12.5 Å². The lowest BCUT2D eigenvalue weighted by Gasteiger charge is -2.03. The van der Waals surface area contributed by atoms with Crippen LogP contribution in [0.3, 0.4) is 0 Å². The number of aryl methyl sites for hydroxylation is 1. The van der Waals surface area contributed by atoms with Crippen molar-refractivity contribution in [3.8, 4) is 21.8 Å². The SMILES string of the molecule is CCc1ccsc1-c1onc(N)c1-c1ccc(Br)cc1. The molecule has 20 heavy (non-hydrogen) atoms. The van der Waals surface area contributed by atoms with Gasteiger partial charge in [0.1, 0.15) is 0 Å². The van der Waals surface area contributed by atoms with Crippen LogP contribution in [0.15, 0.2) is 44.7 Å². The van der Waals surface area contributed by atoms with E-state index in [-0.39, 0.29) is 0 Å². The lowest BCUT2D eigenvalue weighted by Crippen LogP contribution is -1.89. The normalized spacial score (nSPS) is 10.9. The summed E-state index contributed by atoms with van der Waals surface area (Å²) in [6, 6.07) is 10.1. The van der Waals surface area contributed by atoms with Crippen molar-refractivity contribution in [3.63, 3.8) is 0 Å². The van der Waals surface area contributed by atoms with Crippen molar-refractivity contribution in [1.82, 2.24) is 5.16 Å². The van der Waals surface area contributed by atoms with Gasteiger partial charge >= 0.3 is 0 Å². The van der Waals surface area contributed by atoms with E-state index in [9.17, 15) is 0 Å². The zero-order valence-corrected chi connectivity index (χ0v) is 13.3. The van der Waals surface area contributed by atoms with Crippen LogP contribution in [-0.2, 0) is 6.42 Å². The molecule has 3 aromatic rings. The Bertz CT molecular complexity index is 731. The fourth-order valence-electron chi connectivity index (χ4n) is 2.17. The minimum absolute atomic E-state index is 0.428. The first-order valence-electron chi connectivity index (χ1n) is 6.28. The van der Waals surface area contributed by atoms with E-state index in [1.54, 1.807) is 11.3 Å². The molecule has 0 spiro atoms. The van der Waals surface area contributed by atoms with Crippen molar-refractivity contribution < 1.29 is 4.52 Å². The number of hydrogen-bond acceptors (Lipinski definition) is 4. The lowest BCUT2D eigenvalue weighted by atomic mass is 10.0. The second kappa shape index (κ2) is 5.42. The predicted molar refractivity (Wildman–Crippen MR) is 86.7 cm³/mol. The van der Waals surface area contributed by atoms with Crippen LogP contribution < -0.4 is 5.73 Å². The van der Waals surface area contributed by atoms with E-state index in [1.807, 2.05) is 24.3 Å². The molecule has 5 heteroatoms. The van der Waals surface area contributed by atoms with Crippen molar-refractivity contribution in [1.29, 1.82) is 0 Å². The highest BCUT2D eigenvalue weighted by Crippen LogP contribution is 2.40. The third-order valence-corrected chi connectivity index (χ3v) is 4.67. The van der Waals surface area contributed by atoms with Gasteiger partial charge in [0.05, 0.1) is 10.4 Å². The molecule has 102 valence electrons. The minimum Gasteiger partial charge on any atom is -0.380 e. The number of aromatic nitrogens is 1. The Morgan fingerprint density at radius 2 is 2.00 bits per heavy atom. The summed E-state index contributed by atoms with van der Waals surface area (Å²) in [5.74, 6) is 1.19. The van der Waals surface area contributed by atoms with Crippen molar-refractivity contribution in [2.24, 2.45) is 0 Å². The van der Waals surface area contributed by atoms with Crippen LogP contribution in [0.25, 0.3) is 21.8 Å². The van der Waals surface area contributed by atoms with E-state index in [0.29, 0.717) is 5.82 Å². The zero-order chi connectivity index (χ0) is 14.1. The van der Waals surface area contributed by atoms with Gasteiger partial charge in [0.2, 0.25) is 0 Å². The molecule has 0 amide bonds. The van der Waals surface area contributed by atoms with Gasteiger partial charge in [-0.1, -0.05) is 40.1 Å². The van der Waals surface area contributed by atoms with Gasteiger partial charge in [-0.05, 0) is 41.1 Å². The molecule has 2 aromatic heterocycles. The van der Waals surface area contributed by atoms with E-state index < -0.39 is 0 Å². The third kappa shape index (κ3) is 2.27. The van der Waals surface area contributed by atoms with Crippen LogP contribution in [0.5, 0.6) is 0 Å². The maximum Gasteiger partial charge on any atom is 0.187 e. The van der Waals surface area contributed by atoms with E-state index in [4.69, 9.17) is 10.3 Å². The summed E-state index contributed by atoms with van der Waals surface area (Å²) in [6.45, 7) is 2.13. The van der Waals surface area contributed by atoms with Gasteiger partial charge in [-0.2, -0.15) is 0 Å². The molecule has 0 atom stereocenters. The molecule has 0 aliphatic carbocycles. The number of thiophene rings is 1. The summed E-state index contributed by atoms with van der Waals surface area (Å²) >= 11 is 5.09. The van der Waals surface area contributed by atoms with Crippen LogP contribution in [0.2, 0.25) is 0 Å². The first kappa shape index (κ1) is 13.4. The molecule has 2 N–H and O–H groups in total. The number of benzene rings is 1. The Labute approximate surface area is 129 Å². The third-order valence-electron chi connectivity index (χ3n) is 3.19. The Morgan fingerprint density at radius 1 is 1.25 bits per heavy atom. The number of rotatable bonds is 3. The maximum absolute atomic E-state index is 6.00. The Kier molecular flexibility index (Phi) is 3.63. The number of nitrogens with zero attached hydrogens (tertiary/aromatic N) is 1. The van der Waals surface area contributed by atoms with Gasteiger partial charge in [-0.25, -0.2) is 0 Å². The van der Waals surface area contributed by atoms with Gasteiger partial charge in [-0.15, -0.1) is 11.3 Å². The van der Waals surface area contributed by atoms with E-state index in [2.05, 4.69) is 39.5 Å². The maximum atomic E-state index is 6.00. The number of hydrogen-bond donors (Lipinski definition) is 1. The Morgan fingerprint density at radius 3 is 2.70 bits per heavy atom. The molecule has 0 aliphatic heterocycles.